The Morgan fingerprint density at radius 3 is 2.24 bits per heavy atom. The van der Waals surface area contributed by atoms with E-state index in [0.29, 0.717) is 6.42 Å². The minimum absolute atomic E-state index is 0.120. The molecule has 5 aliphatic rings. The van der Waals surface area contributed by atoms with Crippen LogP contribution in [0, 0.1) is 33.5 Å². The van der Waals surface area contributed by atoms with E-state index in [1.54, 1.807) is 12.5 Å². The molecule has 38 heavy (non-hydrogen) atoms. The number of hydrogen-bond acceptors (Lipinski definition) is 8. The van der Waals surface area contributed by atoms with Crippen molar-refractivity contribution in [3.05, 3.63) is 24.2 Å². The first-order valence-corrected chi connectivity index (χ1v) is 14.0. The second-order valence-electron chi connectivity index (χ2n) is 13.7. The maximum absolute atomic E-state index is 13.4. The predicted octanol–water partition coefficient (Wildman–Crippen LogP) is 5.15. The molecule has 3 saturated carbocycles. The van der Waals surface area contributed by atoms with Crippen molar-refractivity contribution < 1.29 is 37.7 Å². The molecule has 1 aromatic heterocycles. The number of furan rings is 1. The number of rotatable bonds is 3. The van der Waals surface area contributed by atoms with Crippen LogP contribution in [0.25, 0.3) is 0 Å². The Balaban J connectivity index is 1.49. The van der Waals surface area contributed by atoms with Gasteiger partial charge in [-0.3, -0.25) is 9.59 Å². The number of carbonyl (C=O) groups is 3. The van der Waals surface area contributed by atoms with Crippen molar-refractivity contribution in [1.82, 2.24) is 0 Å². The van der Waals surface area contributed by atoms with E-state index in [9.17, 15) is 14.4 Å². The van der Waals surface area contributed by atoms with Crippen LogP contribution in [0.15, 0.2) is 23.0 Å². The lowest BCUT2D eigenvalue weighted by Crippen LogP contribution is -2.73. The van der Waals surface area contributed by atoms with Gasteiger partial charge in [0.05, 0.1) is 12.5 Å². The van der Waals surface area contributed by atoms with Gasteiger partial charge in [-0.1, -0.05) is 34.6 Å². The van der Waals surface area contributed by atoms with E-state index in [4.69, 9.17) is 23.4 Å². The van der Waals surface area contributed by atoms with Crippen molar-refractivity contribution in [2.24, 2.45) is 33.5 Å². The van der Waals surface area contributed by atoms with Crippen molar-refractivity contribution in [3.8, 4) is 0 Å². The van der Waals surface area contributed by atoms with Crippen LogP contribution in [0.1, 0.15) is 92.2 Å². The normalized spacial score (nSPS) is 48.3. The van der Waals surface area contributed by atoms with Crippen molar-refractivity contribution in [1.29, 1.82) is 0 Å². The Bertz CT molecular complexity index is 1170. The molecule has 3 heterocycles. The summed E-state index contributed by atoms with van der Waals surface area (Å²) >= 11 is 0. The van der Waals surface area contributed by atoms with Gasteiger partial charge in [0.25, 0.3) is 0 Å². The maximum Gasteiger partial charge on any atom is 0.339 e. The smallest absolute Gasteiger partial charge is 0.339 e. The van der Waals surface area contributed by atoms with Crippen LogP contribution < -0.4 is 0 Å². The zero-order valence-corrected chi connectivity index (χ0v) is 23.5. The van der Waals surface area contributed by atoms with Gasteiger partial charge in [-0.25, -0.2) is 4.79 Å². The molecule has 3 aliphatic carbocycles. The highest BCUT2D eigenvalue weighted by molar-refractivity contribution is 5.82. The molecule has 0 radical (unpaired) electrons. The Morgan fingerprint density at radius 2 is 1.61 bits per heavy atom. The highest BCUT2D eigenvalue weighted by Gasteiger charge is 2.88. The molecule has 0 amide bonds. The highest BCUT2D eigenvalue weighted by atomic mass is 16.7. The van der Waals surface area contributed by atoms with Crippen molar-refractivity contribution in [2.45, 2.75) is 111 Å². The van der Waals surface area contributed by atoms with Crippen molar-refractivity contribution in [2.75, 3.05) is 0 Å². The fraction of sp³-hybridized carbons (Fsp3) is 0.767. The van der Waals surface area contributed by atoms with Crippen LogP contribution in [0.2, 0.25) is 0 Å². The Hall–Kier alpha value is -2.35. The fourth-order valence-electron chi connectivity index (χ4n) is 10.3. The van der Waals surface area contributed by atoms with Crippen LogP contribution in [-0.4, -0.2) is 41.8 Å². The summed E-state index contributed by atoms with van der Waals surface area (Å²) in [7, 11) is 0. The molecule has 2 aliphatic heterocycles. The Labute approximate surface area is 224 Å². The third-order valence-electron chi connectivity index (χ3n) is 11.8. The molecule has 10 atom stereocenters. The van der Waals surface area contributed by atoms with Gasteiger partial charge in [-0.05, 0) is 55.4 Å². The summed E-state index contributed by atoms with van der Waals surface area (Å²) in [4.78, 5) is 37.9. The SMILES string of the molecule is CC(=O)O[C@H]1CC[C@@]2(C)C(C[C@@H](OC(C)=O)[C@]3(C)C2CC[C@@]2(C)[C@H](c4ccoc4)OC(=O)C4OC423)C1(C)C. The van der Waals surface area contributed by atoms with E-state index in [-0.39, 0.29) is 46.7 Å². The van der Waals surface area contributed by atoms with E-state index >= 15 is 0 Å². The second-order valence-corrected chi connectivity index (χ2v) is 13.7. The lowest BCUT2D eigenvalue weighted by atomic mass is 9.34. The Morgan fingerprint density at radius 1 is 0.921 bits per heavy atom. The molecule has 4 unspecified atom stereocenters. The summed E-state index contributed by atoms with van der Waals surface area (Å²) in [6.07, 6.45) is 5.36. The third kappa shape index (κ3) is 2.98. The monoisotopic (exact) mass is 528 g/mol. The molecule has 5 fully saturated rings. The number of carbonyl (C=O) groups excluding carboxylic acids is 3. The number of cyclic esters (lactones) is 1. The molecule has 0 bridgehead atoms. The summed E-state index contributed by atoms with van der Waals surface area (Å²) in [5, 5.41) is 0. The molecule has 0 aromatic carbocycles. The number of epoxide rings is 1. The maximum atomic E-state index is 13.4. The molecular formula is C30H40O8. The number of fused-ring (bicyclic) bond motifs is 3. The van der Waals surface area contributed by atoms with E-state index in [2.05, 4.69) is 34.6 Å². The van der Waals surface area contributed by atoms with Gasteiger partial charge in [0.15, 0.2) is 6.10 Å². The van der Waals surface area contributed by atoms with Crippen LogP contribution in [0.3, 0.4) is 0 Å². The first-order chi connectivity index (χ1) is 17.7. The minimum Gasteiger partial charge on any atom is -0.472 e. The van der Waals surface area contributed by atoms with Crippen LogP contribution >= 0.6 is 0 Å². The van der Waals surface area contributed by atoms with Crippen LogP contribution in [-0.2, 0) is 33.3 Å². The van der Waals surface area contributed by atoms with Gasteiger partial charge in [-0.2, -0.15) is 0 Å². The predicted molar refractivity (Wildman–Crippen MR) is 134 cm³/mol. The summed E-state index contributed by atoms with van der Waals surface area (Å²) < 4.78 is 30.1. The summed E-state index contributed by atoms with van der Waals surface area (Å²) in [6.45, 7) is 14.0. The van der Waals surface area contributed by atoms with Crippen LogP contribution in [0.5, 0.6) is 0 Å². The summed E-state index contributed by atoms with van der Waals surface area (Å²) in [6, 6.07) is 1.86. The quantitative estimate of drug-likeness (QED) is 0.301. The molecular weight excluding hydrogens is 488 g/mol. The molecule has 208 valence electrons. The first-order valence-electron chi connectivity index (χ1n) is 14.0. The van der Waals surface area contributed by atoms with Crippen LogP contribution in [0.4, 0.5) is 0 Å². The van der Waals surface area contributed by atoms with Crippen molar-refractivity contribution >= 4 is 17.9 Å². The molecule has 2 saturated heterocycles. The molecule has 1 spiro atoms. The standard InChI is InChI=1S/C30H40O8/c1-16(31)35-21-9-11-27(5)19-8-12-28(6)23(18-10-13-34-15-18)37-25(33)24-30(28,38-24)29(19,7)22(36-17(2)32)14-20(27)26(21,3)4/h10,13,15,19-24H,8-9,11-12,14H2,1-7H3/t19?,20?,21-,22+,23-,24?,27+,28-,29-,30?/m0/s1. The van der Waals surface area contributed by atoms with E-state index < -0.39 is 34.7 Å². The zero-order chi connectivity index (χ0) is 27.5. The Kier molecular flexibility index (Phi) is 5.36. The largest absolute Gasteiger partial charge is 0.472 e. The molecule has 8 nitrogen and oxygen atoms in total. The lowest BCUT2D eigenvalue weighted by Gasteiger charge is -2.70. The van der Waals surface area contributed by atoms with E-state index in [1.807, 2.05) is 6.07 Å². The number of esters is 3. The average molecular weight is 529 g/mol. The first kappa shape index (κ1) is 25.9. The summed E-state index contributed by atoms with van der Waals surface area (Å²) in [5.74, 6) is -0.688. The molecule has 0 N–H and O–H groups in total. The molecule has 6 rings (SSSR count). The average Bonchev–Trinajstić information content (AvgIpc) is 3.39. The van der Waals surface area contributed by atoms with Crippen molar-refractivity contribution in [3.63, 3.8) is 0 Å². The summed E-state index contributed by atoms with van der Waals surface area (Å²) in [5.41, 5.74) is -1.58. The van der Waals surface area contributed by atoms with E-state index in [0.717, 1.165) is 31.2 Å². The van der Waals surface area contributed by atoms with Gasteiger partial charge in [0, 0.05) is 35.7 Å². The van der Waals surface area contributed by atoms with Gasteiger partial charge < -0.3 is 23.4 Å². The lowest BCUT2D eigenvalue weighted by molar-refractivity contribution is -0.276. The highest BCUT2D eigenvalue weighted by Crippen LogP contribution is 2.80. The molecule has 8 heteroatoms. The number of ether oxygens (including phenoxy) is 4. The van der Waals surface area contributed by atoms with Gasteiger partial charge in [0.1, 0.15) is 23.9 Å². The topological polar surface area (TPSA) is 105 Å². The van der Waals surface area contributed by atoms with Gasteiger partial charge in [-0.15, -0.1) is 0 Å². The second kappa shape index (κ2) is 7.86. The molecule has 1 aromatic rings. The van der Waals surface area contributed by atoms with E-state index in [1.165, 1.54) is 13.8 Å². The zero-order valence-electron chi connectivity index (χ0n) is 23.5. The van der Waals surface area contributed by atoms with Gasteiger partial charge >= 0.3 is 17.9 Å². The third-order valence-corrected chi connectivity index (χ3v) is 11.8. The number of hydrogen-bond donors (Lipinski definition) is 0. The minimum atomic E-state index is -0.828. The van der Waals surface area contributed by atoms with Gasteiger partial charge in [0.2, 0.25) is 0 Å². The fourth-order valence-corrected chi connectivity index (χ4v) is 10.3.